The fourth-order valence-corrected chi connectivity index (χ4v) is 3.12. The lowest BCUT2D eigenvalue weighted by Gasteiger charge is -2.26. The van der Waals surface area contributed by atoms with Crippen molar-refractivity contribution in [2.24, 2.45) is 0 Å². The van der Waals surface area contributed by atoms with Crippen molar-refractivity contribution in [2.45, 2.75) is 25.8 Å². The van der Waals surface area contributed by atoms with Crippen molar-refractivity contribution in [1.82, 2.24) is 14.7 Å². The standard InChI is InChI=1S/C18H20ClN3/c1-18(2,15-7-3-4-8-16(15)19)13-20-11-14-12-21-17-9-5-6-10-22(14)17/h3-10,12,20H,11,13H2,1-2H3. The van der Waals surface area contributed by atoms with Gasteiger partial charge in [0.15, 0.2) is 0 Å². The van der Waals surface area contributed by atoms with Gasteiger partial charge in [-0.2, -0.15) is 0 Å². The van der Waals surface area contributed by atoms with Crippen molar-refractivity contribution in [3.63, 3.8) is 0 Å². The molecule has 2 aromatic heterocycles. The summed E-state index contributed by atoms with van der Waals surface area (Å²) in [6, 6.07) is 14.1. The summed E-state index contributed by atoms with van der Waals surface area (Å²) in [7, 11) is 0. The maximum Gasteiger partial charge on any atom is 0.136 e. The smallest absolute Gasteiger partial charge is 0.136 e. The van der Waals surface area contributed by atoms with Crippen LogP contribution < -0.4 is 5.32 Å². The molecular weight excluding hydrogens is 294 g/mol. The third kappa shape index (κ3) is 3.01. The third-order valence-corrected chi connectivity index (χ3v) is 4.30. The summed E-state index contributed by atoms with van der Waals surface area (Å²) in [4.78, 5) is 4.41. The van der Waals surface area contributed by atoms with Gasteiger partial charge in [-0.25, -0.2) is 4.98 Å². The zero-order chi connectivity index (χ0) is 15.6. The van der Waals surface area contributed by atoms with E-state index in [9.17, 15) is 0 Å². The summed E-state index contributed by atoms with van der Waals surface area (Å²) in [6.07, 6.45) is 3.96. The lowest BCUT2D eigenvalue weighted by Crippen LogP contribution is -2.33. The van der Waals surface area contributed by atoms with E-state index < -0.39 is 0 Å². The average molecular weight is 314 g/mol. The van der Waals surface area contributed by atoms with Gasteiger partial charge in [0.1, 0.15) is 5.65 Å². The highest BCUT2D eigenvalue weighted by Gasteiger charge is 2.22. The van der Waals surface area contributed by atoms with E-state index in [2.05, 4.69) is 34.6 Å². The van der Waals surface area contributed by atoms with Crippen LogP contribution in [0.25, 0.3) is 5.65 Å². The first kappa shape index (κ1) is 15.1. The topological polar surface area (TPSA) is 29.3 Å². The third-order valence-electron chi connectivity index (χ3n) is 3.97. The number of nitrogens with zero attached hydrogens (tertiary/aromatic N) is 2. The average Bonchev–Trinajstić information content (AvgIpc) is 2.91. The number of rotatable bonds is 5. The molecule has 0 amide bonds. The lowest BCUT2D eigenvalue weighted by molar-refractivity contribution is 0.466. The predicted molar refractivity (Wildman–Crippen MR) is 91.4 cm³/mol. The monoisotopic (exact) mass is 313 g/mol. The Morgan fingerprint density at radius 3 is 2.73 bits per heavy atom. The number of fused-ring (bicyclic) bond motifs is 1. The molecule has 0 aliphatic rings. The van der Waals surface area contributed by atoms with Crippen molar-refractivity contribution < 1.29 is 0 Å². The van der Waals surface area contributed by atoms with Crippen molar-refractivity contribution >= 4 is 17.2 Å². The van der Waals surface area contributed by atoms with Crippen LogP contribution in [0.1, 0.15) is 25.1 Å². The zero-order valence-corrected chi connectivity index (χ0v) is 13.6. The molecule has 0 radical (unpaired) electrons. The number of hydrogen-bond acceptors (Lipinski definition) is 2. The first-order chi connectivity index (χ1) is 10.6. The van der Waals surface area contributed by atoms with E-state index >= 15 is 0 Å². The van der Waals surface area contributed by atoms with Crippen LogP contribution in [0.2, 0.25) is 5.02 Å². The Balaban J connectivity index is 1.69. The summed E-state index contributed by atoms with van der Waals surface area (Å²) in [6.45, 7) is 6.03. The van der Waals surface area contributed by atoms with Gasteiger partial charge in [0.2, 0.25) is 0 Å². The summed E-state index contributed by atoms with van der Waals surface area (Å²) < 4.78 is 2.11. The molecular formula is C18H20ClN3. The van der Waals surface area contributed by atoms with Crippen LogP contribution in [0, 0.1) is 0 Å². The van der Waals surface area contributed by atoms with Gasteiger partial charge in [-0.15, -0.1) is 0 Å². The maximum absolute atomic E-state index is 6.32. The molecule has 0 aliphatic heterocycles. The highest BCUT2D eigenvalue weighted by molar-refractivity contribution is 6.31. The molecule has 2 heterocycles. The van der Waals surface area contributed by atoms with Crippen LogP contribution in [0.3, 0.4) is 0 Å². The number of halogens is 1. The molecule has 0 aliphatic carbocycles. The molecule has 1 aromatic carbocycles. The van der Waals surface area contributed by atoms with Gasteiger partial charge in [-0.3, -0.25) is 0 Å². The molecule has 114 valence electrons. The fourth-order valence-electron chi connectivity index (χ4n) is 2.72. The van der Waals surface area contributed by atoms with E-state index in [0.717, 1.165) is 29.5 Å². The highest BCUT2D eigenvalue weighted by atomic mass is 35.5. The fraction of sp³-hybridized carbons (Fsp3) is 0.278. The van der Waals surface area contributed by atoms with Gasteiger partial charge in [-0.05, 0) is 23.8 Å². The summed E-state index contributed by atoms with van der Waals surface area (Å²) in [5.74, 6) is 0. The first-order valence-corrected chi connectivity index (χ1v) is 7.82. The molecule has 3 aromatic rings. The molecule has 0 fully saturated rings. The van der Waals surface area contributed by atoms with E-state index in [-0.39, 0.29) is 5.41 Å². The second-order valence-corrected chi connectivity index (χ2v) is 6.55. The molecule has 3 rings (SSSR count). The lowest BCUT2D eigenvalue weighted by atomic mass is 9.84. The van der Waals surface area contributed by atoms with Crippen molar-refractivity contribution in [3.8, 4) is 0 Å². The molecule has 0 saturated heterocycles. The normalized spacial score (nSPS) is 12.0. The number of hydrogen-bond donors (Lipinski definition) is 1. The minimum Gasteiger partial charge on any atom is -0.310 e. The summed E-state index contributed by atoms with van der Waals surface area (Å²) in [5, 5.41) is 4.35. The molecule has 0 unspecified atom stereocenters. The second kappa shape index (κ2) is 6.11. The summed E-state index contributed by atoms with van der Waals surface area (Å²) in [5.41, 5.74) is 3.27. The second-order valence-electron chi connectivity index (χ2n) is 6.15. The highest BCUT2D eigenvalue weighted by Crippen LogP contribution is 2.29. The van der Waals surface area contributed by atoms with E-state index in [1.807, 2.05) is 48.8 Å². The van der Waals surface area contributed by atoms with E-state index in [0.29, 0.717) is 0 Å². The number of benzene rings is 1. The van der Waals surface area contributed by atoms with Crippen LogP contribution in [0.4, 0.5) is 0 Å². The van der Waals surface area contributed by atoms with Gasteiger partial charge >= 0.3 is 0 Å². The maximum atomic E-state index is 6.32. The Hall–Kier alpha value is -1.84. The van der Waals surface area contributed by atoms with Gasteiger partial charge in [0.05, 0.1) is 11.9 Å². The number of nitrogens with one attached hydrogen (secondary N) is 1. The van der Waals surface area contributed by atoms with Gasteiger partial charge in [0.25, 0.3) is 0 Å². The predicted octanol–water partition coefficient (Wildman–Crippen LogP) is 4.06. The molecule has 4 heteroatoms. The van der Waals surface area contributed by atoms with Crippen molar-refractivity contribution in [1.29, 1.82) is 0 Å². The van der Waals surface area contributed by atoms with Gasteiger partial charge in [0, 0.05) is 29.7 Å². The number of pyridine rings is 1. The van der Waals surface area contributed by atoms with Crippen LogP contribution in [-0.2, 0) is 12.0 Å². The van der Waals surface area contributed by atoms with Gasteiger partial charge < -0.3 is 9.72 Å². The van der Waals surface area contributed by atoms with Crippen LogP contribution >= 0.6 is 11.6 Å². The van der Waals surface area contributed by atoms with Crippen LogP contribution in [-0.4, -0.2) is 15.9 Å². The number of aromatic nitrogens is 2. The molecule has 0 atom stereocenters. The Morgan fingerprint density at radius 2 is 1.91 bits per heavy atom. The zero-order valence-electron chi connectivity index (χ0n) is 12.9. The van der Waals surface area contributed by atoms with Crippen LogP contribution in [0.15, 0.2) is 54.9 Å². The van der Waals surface area contributed by atoms with Gasteiger partial charge in [-0.1, -0.05) is 49.7 Å². The number of imidazole rings is 1. The quantitative estimate of drug-likeness (QED) is 0.770. The molecule has 1 N–H and O–H groups in total. The largest absolute Gasteiger partial charge is 0.310 e. The summed E-state index contributed by atoms with van der Waals surface area (Å²) >= 11 is 6.32. The molecule has 0 bridgehead atoms. The van der Waals surface area contributed by atoms with Crippen molar-refractivity contribution in [2.75, 3.05) is 6.54 Å². The minimum absolute atomic E-state index is 0.0289. The Bertz CT molecular complexity index is 777. The van der Waals surface area contributed by atoms with E-state index in [1.165, 1.54) is 5.56 Å². The van der Waals surface area contributed by atoms with E-state index in [4.69, 9.17) is 11.6 Å². The molecule has 0 spiro atoms. The molecule has 0 saturated carbocycles. The molecule has 22 heavy (non-hydrogen) atoms. The van der Waals surface area contributed by atoms with Crippen molar-refractivity contribution in [3.05, 3.63) is 71.1 Å². The molecule has 3 nitrogen and oxygen atoms in total. The van der Waals surface area contributed by atoms with Crippen LogP contribution in [0.5, 0.6) is 0 Å². The minimum atomic E-state index is -0.0289. The SMILES string of the molecule is CC(C)(CNCc1cnc2ccccn12)c1ccccc1Cl. The Labute approximate surface area is 136 Å². The Morgan fingerprint density at radius 1 is 1.14 bits per heavy atom. The first-order valence-electron chi connectivity index (χ1n) is 7.45. The Kier molecular flexibility index (Phi) is 4.19. The van der Waals surface area contributed by atoms with E-state index in [1.54, 1.807) is 0 Å².